The van der Waals surface area contributed by atoms with Gasteiger partial charge < -0.3 is 4.98 Å². The molecule has 1 aliphatic heterocycles. The standard InChI is InChI=1S/C19H20FN5/c20-16-4-2-1-3-15(16)13-25-11-5-14(6-12-25)17-18(22-8-7-21-17)19-23-9-10-24-19/h1-4,7-10,14H,5-6,11-13H2,(H,23,24). The molecule has 2 aromatic heterocycles. The van der Waals surface area contributed by atoms with Crippen molar-refractivity contribution in [2.75, 3.05) is 13.1 Å². The molecule has 5 nitrogen and oxygen atoms in total. The number of rotatable bonds is 4. The highest BCUT2D eigenvalue weighted by Gasteiger charge is 2.25. The Bertz CT molecular complexity index is 825. The number of imidazole rings is 1. The van der Waals surface area contributed by atoms with Crippen molar-refractivity contribution in [3.05, 3.63) is 66.1 Å². The average Bonchev–Trinajstić information content (AvgIpc) is 3.19. The Labute approximate surface area is 146 Å². The molecule has 1 aromatic carbocycles. The second-order valence-electron chi connectivity index (χ2n) is 6.37. The fourth-order valence-corrected chi connectivity index (χ4v) is 3.46. The van der Waals surface area contributed by atoms with Crippen molar-refractivity contribution in [2.24, 2.45) is 0 Å². The molecule has 128 valence electrons. The van der Waals surface area contributed by atoms with Crippen LogP contribution in [0.2, 0.25) is 0 Å². The summed E-state index contributed by atoms with van der Waals surface area (Å²) in [5.74, 6) is 0.987. The van der Waals surface area contributed by atoms with Crippen LogP contribution in [-0.2, 0) is 6.54 Å². The maximum atomic E-state index is 13.8. The minimum absolute atomic E-state index is 0.126. The summed E-state index contributed by atoms with van der Waals surface area (Å²) < 4.78 is 13.8. The van der Waals surface area contributed by atoms with Gasteiger partial charge in [0.2, 0.25) is 0 Å². The van der Waals surface area contributed by atoms with Gasteiger partial charge in [0.15, 0.2) is 5.82 Å². The number of nitrogens with one attached hydrogen (secondary N) is 1. The second-order valence-corrected chi connectivity index (χ2v) is 6.37. The molecule has 0 aliphatic carbocycles. The lowest BCUT2D eigenvalue weighted by Gasteiger charge is -2.32. The molecule has 1 fully saturated rings. The van der Waals surface area contributed by atoms with Crippen LogP contribution >= 0.6 is 0 Å². The van der Waals surface area contributed by atoms with Gasteiger partial charge in [0.25, 0.3) is 0 Å². The number of benzene rings is 1. The average molecular weight is 337 g/mol. The van der Waals surface area contributed by atoms with Crippen molar-refractivity contribution in [2.45, 2.75) is 25.3 Å². The molecule has 0 atom stereocenters. The van der Waals surface area contributed by atoms with Crippen LogP contribution < -0.4 is 0 Å². The third kappa shape index (κ3) is 3.44. The maximum Gasteiger partial charge on any atom is 0.157 e. The van der Waals surface area contributed by atoms with Crippen molar-refractivity contribution in [1.82, 2.24) is 24.8 Å². The minimum Gasteiger partial charge on any atom is -0.343 e. The van der Waals surface area contributed by atoms with Crippen molar-refractivity contribution in [3.63, 3.8) is 0 Å². The summed E-state index contributed by atoms with van der Waals surface area (Å²) in [6.07, 6.45) is 8.94. The Morgan fingerprint density at radius 1 is 1.04 bits per heavy atom. The van der Waals surface area contributed by atoms with Crippen molar-refractivity contribution >= 4 is 0 Å². The first kappa shape index (κ1) is 15.9. The summed E-state index contributed by atoms with van der Waals surface area (Å²) in [4.78, 5) is 18.8. The third-order valence-electron chi connectivity index (χ3n) is 4.78. The number of piperidine rings is 1. The molecule has 1 saturated heterocycles. The van der Waals surface area contributed by atoms with Crippen molar-refractivity contribution in [3.8, 4) is 11.5 Å². The highest BCUT2D eigenvalue weighted by Crippen LogP contribution is 2.31. The van der Waals surface area contributed by atoms with E-state index in [1.807, 2.05) is 12.1 Å². The molecule has 1 aliphatic rings. The summed E-state index contributed by atoms with van der Waals surface area (Å²) in [6.45, 7) is 2.51. The molecule has 4 rings (SSSR count). The van der Waals surface area contributed by atoms with Crippen LogP contribution in [0, 0.1) is 5.82 Å². The zero-order chi connectivity index (χ0) is 17.1. The number of aromatic nitrogens is 4. The van der Waals surface area contributed by atoms with E-state index in [4.69, 9.17) is 0 Å². The molecule has 1 N–H and O–H groups in total. The van der Waals surface area contributed by atoms with Crippen molar-refractivity contribution in [1.29, 1.82) is 0 Å². The van der Waals surface area contributed by atoms with Crippen molar-refractivity contribution < 1.29 is 4.39 Å². The zero-order valence-corrected chi connectivity index (χ0v) is 13.9. The number of nitrogens with zero attached hydrogens (tertiary/aromatic N) is 4. The molecule has 25 heavy (non-hydrogen) atoms. The van der Waals surface area contributed by atoms with Gasteiger partial charge in [0, 0.05) is 42.8 Å². The van der Waals surface area contributed by atoms with Gasteiger partial charge >= 0.3 is 0 Å². The van der Waals surface area contributed by atoms with E-state index in [0.29, 0.717) is 12.5 Å². The zero-order valence-electron chi connectivity index (χ0n) is 13.9. The Morgan fingerprint density at radius 2 is 1.84 bits per heavy atom. The van der Waals surface area contributed by atoms with Gasteiger partial charge in [-0.25, -0.2) is 14.4 Å². The molecule has 0 amide bonds. The quantitative estimate of drug-likeness (QED) is 0.793. The highest BCUT2D eigenvalue weighted by atomic mass is 19.1. The van der Waals surface area contributed by atoms with E-state index in [-0.39, 0.29) is 5.82 Å². The number of halogens is 1. The molecule has 0 unspecified atom stereocenters. The Kier molecular flexibility index (Phi) is 4.52. The lowest BCUT2D eigenvalue weighted by atomic mass is 9.91. The van der Waals surface area contributed by atoms with Crippen LogP contribution in [0.3, 0.4) is 0 Å². The van der Waals surface area contributed by atoms with E-state index in [9.17, 15) is 4.39 Å². The van der Waals surface area contributed by atoms with Gasteiger partial charge in [0.1, 0.15) is 11.5 Å². The first-order valence-electron chi connectivity index (χ1n) is 8.57. The van der Waals surface area contributed by atoms with E-state index in [1.165, 1.54) is 6.07 Å². The summed E-state index contributed by atoms with van der Waals surface area (Å²) in [5, 5.41) is 0. The van der Waals surface area contributed by atoms with E-state index in [0.717, 1.165) is 48.7 Å². The molecular formula is C19H20FN5. The number of H-pyrrole nitrogens is 1. The predicted molar refractivity (Wildman–Crippen MR) is 93.3 cm³/mol. The Morgan fingerprint density at radius 3 is 2.60 bits per heavy atom. The third-order valence-corrected chi connectivity index (χ3v) is 4.78. The second kappa shape index (κ2) is 7.11. The van der Waals surface area contributed by atoms with Crippen LogP contribution in [0.5, 0.6) is 0 Å². The smallest absolute Gasteiger partial charge is 0.157 e. The normalized spacial score (nSPS) is 16.2. The first-order chi connectivity index (χ1) is 12.3. The SMILES string of the molecule is Fc1ccccc1CN1CCC(c2nccnc2-c2ncc[nH]2)CC1. The largest absolute Gasteiger partial charge is 0.343 e. The fraction of sp³-hybridized carbons (Fsp3) is 0.316. The lowest BCUT2D eigenvalue weighted by Crippen LogP contribution is -2.33. The number of aromatic amines is 1. The molecule has 0 spiro atoms. The van der Waals surface area contributed by atoms with E-state index >= 15 is 0 Å². The summed E-state index contributed by atoms with van der Waals surface area (Å²) in [6, 6.07) is 7.01. The fourth-order valence-electron chi connectivity index (χ4n) is 3.46. The van der Waals surface area contributed by atoms with E-state index < -0.39 is 0 Å². The topological polar surface area (TPSA) is 57.7 Å². The summed E-state index contributed by atoms with van der Waals surface area (Å²) in [5.41, 5.74) is 2.60. The Balaban J connectivity index is 1.45. The maximum absolute atomic E-state index is 13.8. The Hall–Kier alpha value is -2.60. The van der Waals surface area contributed by atoms with Gasteiger partial charge in [-0.15, -0.1) is 0 Å². The number of hydrogen-bond donors (Lipinski definition) is 1. The molecule has 0 saturated carbocycles. The molecule has 6 heteroatoms. The van der Waals surface area contributed by atoms with Crippen LogP contribution in [-0.4, -0.2) is 37.9 Å². The minimum atomic E-state index is -0.126. The van der Waals surface area contributed by atoms with E-state index in [1.54, 1.807) is 30.9 Å². The number of likely N-dealkylation sites (tertiary alicyclic amines) is 1. The monoisotopic (exact) mass is 337 g/mol. The number of hydrogen-bond acceptors (Lipinski definition) is 4. The first-order valence-corrected chi connectivity index (χ1v) is 8.57. The lowest BCUT2D eigenvalue weighted by molar-refractivity contribution is 0.201. The molecule has 0 radical (unpaired) electrons. The molecular weight excluding hydrogens is 317 g/mol. The van der Waals surface area contributed by atoms with E-state index in [2.05, 4.69) is 24.8 Å². The molecule has 3 aromatic rings. The van der Waals surface area contributed by atoms with Crippen LogP contribution in [0.1, 0.15) is 30.0 Å². The summed E-state index contributed by atoms with van der Waals surface area (Å²) >= 11 is 0. The van der Waals surface area contributed by atoms with Gasteiger partial charge in [-0.1, -0.05) is 18.2 Å². The van der Waals surface area contributed by atoms with Crippen LogP contribution in [0.4, 0.5) is 4.39 Å². The van der Waals surface area contributed by atoms with Gasteiger partial charge in [0.05, 0.1) is 5.69 Å². The summed E-state index contributed by atoms with van der Waals surface area (Å²) in [7, 11) is 0. The predicted octanol–water partition coefficient (Wildman–Crippen LogP) is 3.39. The molecule has 3 heterocycles. The highest BCUT2D eigenvalue weighted by molar-refractivity contribution is 5.53. The van der Waals surface area contributed by atoms with Crippen LogP contribution in [0.25, 0.3) is 11.5 Å². The molecule has 0 bridgehead atoms. The van der Waals surface area contributed by atoms with Crippen LogP contribution in [0.15, 0.2) is 49.1 Å². The van der Waals surface area contributed by atoms with Gasteiger partial charge in [-0.2, -0.15) is 0 Å². The van der Waals surface area contributed by atoms with Gasteiger partial charge in [-0.05, 0) is 32.0 Å². The van der Waals surface area contributed by atoms with Gasteiger partial charge in [-0.3, -0.25) is 9.88 Å².